The maximum Gasteiger partial charge on any atom is 0.243 e. The fourth-order valence-electron chi connectivity index (χ4n) is 3.70. The second-order valence-electron chi connectivity index (χ2n) is 9.36. The minimum atomic E-state index is -0.762. The standard InChI is InChI=1S/C28H30ClFN2O2/c1-28(2,3)31-27(34)25(17-20-9-5-4-6-10-20)32(19-21-13-15-23(30)16-14-21)26(33)18-22-11-7-8-12-24(22)29/h4-16,25H,17-19H2,1-3H3,(H,31,34)/t25-/m0/s1. The SMILES string of the molecule is CC(C)(C)NC(=O)[C@H](Cc1ccccc1)N(Cc1ccc(F)cc1)C(=O)Cc1ccccc1Cl. The van der Waals surface area contributed by atoms with Crippen molar-refractivity contribution in [2.24, 2.45) is 0 Å². The van der Waals surface area contributed by atoms with Crippen molar-refractivity contribution in [1.82, 2.24) is 10.2 Å². The molecule has 3 rings (SSSR count). The number of halogens is 2. The van der Waals surface area contributed by atoms with E-state index in [0.717, 1.165) is 11.1 Å². The van der Waals surface area contributed by atoms with Crippen LogP contribution in [0.4, 0.5) is 4.39 Å². The molecule has 4 nitrogen and oxygen atoms in total. The minimum absolute atomic E-state index is 0.0506. The van der Waals surface area contributed by atoms with Crippen LogP contribution in [-0.4, -0.2) is 28.3 Å². The summed E-state index contributed by atoms with van der Waals surface area (Å²) in [5, 5.41) is 3.52. The summed E-state index contributed by atoms with van der Waals surface area (Å²) < 4.78 is 13.5. The molecule has 3 aromatic carbocycles. The van der Waals surface area contributed by atoms with E-state index in [9.17, 15) is 14.0 Å². The topological polar surface area (TPSA) is 49.4 Å². The third-order valence-electron chi connectivity index (χ3n) is 5.33. The molecular formula is C28H30ClFN2O2. The molecule has 0 bridgehead atoms. The molecule has 178 valence electrons. The number of hydrogen-bond donors (Lipinski definition) is 1. The van der Waals surface area contributed by atoms with Crippen LogP contribution >= 0.6 is 11.6 Å². The van der Waals surface area contributed by atoms with Gasteiger partial charge in [-0.2, -0.15) is 0 Å². The molecule has 0 saturated carbocycles. The highest BCUT2D eigenvalue weighted by Gasteiger charge is 2.32. The lowest BCUT2D eigenvalue weighted by Gasteiger charge is -2.34. The summed E-state index contributed by atoms with van der Waals surface area (Å²) in [5.41, 5.74) is 1.88. The summed E-state index contributed by atoms with van der Waals surface area (Å²) in [6.07, 6.45) is 0.396. The van der Waals surface area contributed by atoms with E-state index in [4.69, 9.17) is 11.6 Å². The van der Waals surface area contributed by atoms with Crippen LogP contribution in [0, 0.1) is 5.82 Å². The lowest BCUT2D eigenvalue weighted by molar-refractivity contribution is -0.141. The van der Waals surface area contributed by atoms with Crippen molar-refractivity contribution in [2.75, 3.05) is 0 Å². The molecule has 0 aromatic heterocycles. The molecule has 34 heavy (non-hydrogen) atoms. The Morgan fingerprint density at radius 1 is 0.912 bits per heavy atom. The van der Waals surface area contributed by atoms with Gasteiger partial charge in [0, 0.05) is 23.5 Å². The van der Waals surface area contributed by atoms with Gasteiger partial charge in [0.05, 0.1) is 6.42 Å². The molecule has 0 spiro atoms. The van der Waals surface area contributed by atoms with Gasteiger partial charge in [0.2, 0.25) is 11.8 Å². The van der Waals surface area contributed by atoms with Crippen LogP contribution in [0.3, 0.4) is 0 Å². The number of nitrogens with one attached hydrogen (secondary N) is 1. The van der Waals surface area contributed by atoms with E-state index < -0.39 is 11.6 Å². The Balaban J connectivity index is 1.99. The Morgan fingerprint density at radius 3 is 2.15 bits per heavy atom. The van der Waals surface area contributed by atoms with E-state index in [0.29, 0.717) is 17.0 Å². The molecule has 0 heterocycles. The van der Waals surface area contributed by atoms with Crippen LogP contribution in [0.15, 0.2) is 78.9 Å². The normalized spacial score (nSPS) is 12.1. The molecule has 2 amide bonds. The smallest absolute Gasteiger partial charge is 0.243 e. The van der Waals surface area contributed by atoms with Crippen LogP contribution in [0.25, 0.3) is 0 Å². The number of carbonyl (C=O) groups is 2. The number of rotatable bonds is 8. The molecule has 0 unspecified atom stereocenters. The van der Waals surface area contributed by atoms with Gasteiger partial charge in [-0.1, -0.05) is 72.3 Å². The number of carbonyl (C=O) groups excluding carboxylic acids is 2. The predicted octanol–water partition coefficient (Wildman–Crippen LogP) is 5.58. The average molecular weight is 481 g/mol. The molecule has 0 saturated heterocycles. The van der Waals surface area contributed by atoms with E-state index in [2.05, 4.69) is 5.32 Å². The Kier molecular flexibility index (Phi) is 8.46. The maximum absolute atomic E-state index is 13.7. The maximum atomic E-state index is 13.7. The first-order valence-corrected chi connectivity index (χ1v) is 11.6. The third kappa shape index (κ3) is 7.42. The zero-order chi connectivity index (χ0) is 24.7. The fraction of sp³-hybridized carbons (Fsp3) is 0.286. The summed E-state index contributed by atoms with van der Waals surface area (Å²) in [6.45, 7) is 5.87. The van der Waals surface area contributed by atoms with E-state index in [-0.39, 0.29) is 30.6 Å². The first kappa shape index (κ1) is 25.4. The summed E-state index contributed by atoms with van der Waals surface area (Å²) in [7, 11) is 0. The van der Waals surface area contributed by atoms with Crippen LogP contribution in [0.1, 0.15) is 37.5 Å². The first-order chi connectivity index (χ1) is 16.1. The molecule has 1 atom stereocenters. The molecule has 0 radical (unpaired) electrons. The molecule has 1 N–H and O–H groups in total. The van der Waals surface area contributed by atoms with Gasteiger partial charge in [0.1, 0.15) is 11.9 Å². The third-order valence-corrected chi connectivity index (χ3v) is 5.70. The van der Waals surface area contributed by atoms with Gasteiger partial charge < -0.3 is 10.2 Å². The van der Waals surface area contributed by atoms with Gasteiger partial charge in [-0.15, -0.1) is 0 Å². The largest absolute Gasteiger partial charge is 0.350 e. The van der Waals surface area contributed by atoms with Crippen LogP contribution in [0.5, 0.6) is 0 Å². The number of amides is 2. The Labute approximate surface area is 205 Å². The summed E-state index contributed by atoms with van der Waals surface area (Å²) >= 11 is 6.32. The average Bonchev–Trinajstić information content (AvgIpc) is 2.78. The molecule has 6 heteroatoms. The summed E-state index contributed by atoms with van der Waals surface area (Å²) in [6, 6.07) is 22.0. The first-order valence-electron chi connectivity index (χ1n) is 11.3. The predicted molar refractivity (Wildman–Crippen MR) is 134 cm³/mol. The van der Waals surface area contributed by atoms with Crippen LogP contribution in [-0.2, 0) is 29.0 Å². The van der Waals surface area contributed by atoms with Gasteiger partial charge in [0.25, 0.3) is 0 Å². The van der Waals surface area contributed by atoms with Crippen molar-refractivity contribution < 1.29 is 14.0 Å². The lowest BCUT2D eigenvalue weighted by Crippen LogP contribution is -2.54. The molecule has 0 aliphatic heterocycles. The van der Waals surface area contributed by atoms with E-state index in [1.807, 2.05) is 63.2 Å². The quantitative estimate of drug-likeness (QED) is 0.457. The highest BCUT2D eigenvalue weighted by atomic mass is 35.5. The van der Waals surface area contributed by atoms with Gasteiger partial charge in [-0.05, 0) is 55.7 Å². The highest BCUT2D eigenvalue weighted by molar-refractivity contribution is 6.31. The van der Waals surface area contributed by atoms with Crippen LogP contribution in [0.2, 0.25) is 5.02 Å². The van der Waals surface area contributed by atoms with E-state index >= 15 is 0 Å². The fourth-order valence-corrected chi connectivity index (χ4v) is 3.90. The number of hydrogen-bond acceptors (Lipinski definition) is 2. The van der Waals surface area contributed by atoms with Crippen molar-refractivity contribution in [3.63, 3.8) is 0 Å². The van der Waals surface area contributed by atoms with Crippen molar-refractivity contribution in [3.8, 4) is 0 Å². The minimum Gasteiger partial charge on any atom is -0.350 e. The van der Waals surface area contributed by atoms with E-state index in [1.54, 1.807) is 29.2 Å². The molecule has 0 aliphatic carbocycles. The Hall–Kier alpha value is -3.18. The Morgan fingerprint density at radius 2 is 1.53 bits per heavy atom. The zero-order valence-corrected chi connectivity index (χ0v) is 20.5. The molecule has 0 fully saturated rings. The van der Waals surface area contributed by atoms with Crippen molar-refractivity contribution in [1.29, 1.82) is 0 Å². The van der Waals surface area contributed by atoms with E-state index in [1.165, 1.54) is 12.1 Å². The number of nitrogens with zero attached hydrogens (tertiary/aromatic N) is 1. The highest BCUT2D eigenvalue weighted by Crippen LogP contribution is 2.21. The van der Waals surface area contributed by atoms with Crippen molar-refractivity contribution in [2.45, 2.75) is 51.7 Å². The summed E-state index contributed by atoms with van der Waals surface area (Å²) in [5.74, 6) is -0.836. The van der Waals surface area contributed by atoms with Gasteiger partial charge in [0.15, 0.2) is 0 Å². The lowest BCUT2D eigenvalue weighted by atomic mass is 10.00. The van der Waals surface area contributed by atoms with Gasteiger partial charge in [-0.3, -0.25) is 9.59 Å². The van der Waals surface area contributed by atoms with Crippen molar-refractivity contribution in [3.05, 3.63) is 106 Å². The van der Waals surface area contributed by atoms with Crippen LogP contribution < -0.4 is 5.32 Å². The van der Waals surface area contributed by atoms with Crippen molar-refractivity contribution >= 4 is 23.4 Å². The molecule has 0 aliphatic rings. The second kappa shape index (κ2) is 11.3. The molecule has 3 aromatic rings. The second-order valence-corrected chi connectivity index (χ2v) is 9.77. The monoisotopic (exact) mass is 480 g/mol. The van der Waals surface area contributed by atoms with Gasteiger partial charge >= 0.3 is 0 Å². The van der Waals surface area contributed by atoms with Gasteiger partial charge in [-0.25, -0.2) is 4.39 Å². The Bertz CT molecular complexity index is 1110. The summed E-state index contributed by atoms with van der Waals surface area (Å²) in [4.78, 5) is 28.7. The zero-order valence-electron chi connectivity index (χ0n) is 19.7. The number of benzene rings is 3. The molecular weight excluding hydrogens is 451 g/mol.